The van der Waals surface area contributed by atoms with Crippen LogP contribution in [0.3, 0.4) is 0 Å². The summed E-state index contributed by atoms with van der Waals surface area (Å²) in [4.78, 5) is 26.4. The Bertz CT molecular complexity index is 1260. The Morgan fingerprint density at radius 3 is 1.97 bits per heavy atom. The average molecular weight is 532 g/mol. The zero-order valence-electron chi connectivity index (χ0n) is 22.5. The molecule has 206 valence electrons. The number of piperidine rings is 1. The molecule has 1 aliphatic heterocycles. The van der Waals surface area contributed by atoms with Crippen LogP contribution in [0.2, 0.25) is 0 Å². The molecule has 1 saturated heterocycles. The van der Waals surface area contributed by atoms with E-state index in [4.69, 9.17) is 0 Å². The molecular weight excluding hydrogens is 494 g/mol. The molecule has 1 aliphatic rings. The molecule has 2 unspecified atom stereocenters. The molecule has 0 bridgehead atoms. The summed E-state index contributed by atoms with van der Waals surface area (Å²) in [7, 11) is 0. The van der Waals surface area contributed by atoms with E-state index in [-0.39, 0.29) is 23.9 Å². The number of rotatable bonds is 10. The second-order valence-electron chi connectivity index (χ2n) is 11.0. The first-order valence-electron chi connectivity index (χ1n) is 13.4. The molecule has 4 rings (SSSR count). The van der Waals surface area contributed by atoms with Crippen LogP contribution >= 0.6 is 0 Å². The second-order valence-corrected chi connectivity index (χ2v) is 11.0. The van der Waals surface area contributed by atoms with Gasteiger partial charge in [0.25, 0.3) is 0 Å². The summed E-state index contributed by atoms with van der Waals surface area (Å²) in [5.74, 6) is -1.05. The predicted molar refractivity (Wildman–Crippen MR) is 149 cm³/mol. The fourth-order valence-corrected chi connectivity index (χ4v) is 5.47. The minimum absolute atomic E-state index is 0.0247. The minimum Gasteiger partial charge on any atom is -0.508 e. The van der Waals surface area contributed by atoms with Gasteiger partial charge in [0, 0.05) is 18.5 Å². The monoisotopic (exact) mass is 531 g/mol. The number of likely N-dealkylation sites (tertiary alicyclic amines) is 1. The van der Waals surface area contributed by atoms with Gasteiger partial charge >= 0.3 is 5.97 Å². The Labute approximate surface area is 229 Å². The SMILES string of the molecule is CC(C)(C(=O)O)c1ccc(C(=O)CC(O)CN2CCC(C(O)(c3ccccc3)c3ccc(O)cc3)CC2)cc1. The fourth-order valence-electron chi connectivity index (χ4n) is 5.47. The number of hydrogen-bond acceptors (Lipinski definition) is 6. The molecule has 4 N–H and O–H groups in total. The van der Waals surface area contributed by atoms with Crippen LogP contribution in [0.1, 0.15) is 60.2 Å². The van der Waals surface area contributed by atoms with Crippen molar-refractivity contribution in [3.8, 4) is 5.75 Å². The molecule has 1 fully saturated rings. The number of carboxylic acids is 1. The number of hydrogen-bond donors (Lipinski definition) is 4. The Kier molecular flexibility index (Phi) is 8.54. The lowest BCUT2D eigenvalue weighted by Crippen LogP contribution is -2.46. The topological polar surface area (TPSA) is 118 Å². The van der Waals surface area contributed by atoms with Gasteiger partial charge in [0.05, 0.1) is 11.5 Å². The Hall–Kier alpha value is -3.52. The molecular formula is C32H37NO6. The molecule has 2 atom stereocenters. The lowest BCUT2D eigenvalue weighted by Gasteiger charge is -2.42. The van der Waals surface area contributed by atoms with E-state index in [1.165, 1.54) is 0 Å². The molecule has 39 heavy (non-hydrogen) atoms. The first-order valence-corrected chi connectivity index (χ1v) is 13.4. The summed E-state index contributed by atoms with van der Waals surface area (Å²) >= 11 is 0. The van der Waals surface area contributed by atoms with E-state index in [1.807, 2.05) is 30.3 Å². The molecule has 1 heterocycles. The van der Waals surface area contributed by atoms with Gasteiger partial charge in [-0.25, -0.2) is 0 Å². The molecule has 0 spiro atoms. The van der Waals surface area contributed by atoms with Crippen molar-refractivity contribution in [3.05, 3.63) is 101 Å². The maximum absolute atomic E-state index is 12.8. The first kappa shape index (κ1) is 28.5. The van der Waals surface area contributed by atoms with Crippen LogP contribution in [0.15, 0.2) is 78.9 Å². The highest BCUT2D eigenvalue weighted by Crippen LogP contribution is 2.42. The van der Waals surface area contributed by atoms with Crippen LogP contribution in [-0.2, 0) is 15.8 Å². The number of ketones is 1. The largest absolute Gasteiger partial charge is 0.508 e. The number of carboxylic acid groups (broad SMARTS) is 1. The molecule has 3 aromatic carbocycles. The van der Waals surface area contributed by atoms with Gasteiger partial charge in [0.2, 0.25) is 0 Å². The number of benzene rings is 3. The predicted octanol–water partition coefficient (Wildman–Crippen LogP) is 4.34. The van der Waals surface area contributed by atoms with Crippen LogP contribution in [0.4, 0.5) is 0 Å². The Morgan fingerprint density at radius 2 is 1.41 bits per heavy atom. The summed E-state index contributed by atoms with van der Waals surface area (Å²) < 4.78 is 0. The van der Waals surface area contributed by atoms with Gasteiger partial charge in [0.1, 0.15) is 11.4 Å². The van der Waals surface area contributed by atoms with Crippen molar-refractivity contribution in [2.24, 2.45) is 5.92 Å². The summed E-state index contributed by atoms with van der Waals surface area (Å²) in [6.07, 6.45) is 0.541. The maximum Gasteiger partial charge on any atom is 0.313 e. The lowest BCUT2D eigenvalue weighted by molar-refractivity contribution is -0.142. The lowest BCUT2D eigenvalue weighted by atomic mass is 9.72. The summed E-state index contributed by atoms with van der Waals surface area (Å²) in [6, 6.07) is 22.8. The van der Waals surface area contributed by atoms with Gasteiger partial charge in [-0.1, -0.05) is 66.7 Å². The summed E-state index contributed by atoms with van der Waals surface area (Å²) in [5.41, 5.74) is 0.322. The van der Waals surface area contributed by atoms with Gasteiger partial charge in [-0.05, 0) is 74.5 Å². The summed E-state index contributed by atoms with van der Waals surface area (Å²) in [5, 5.41) is 41.9. The van der Waals surface area contributed by atoms with E-state index in [1.54, 1.807) is 62.4 Å². The third kappa shape index (κ3) is 6.22. The zero-order chi connectivity index (χ0) is 28.2. The molecule has 3 aromatic rings. The molecule has 0 radical (unpaired) electrons. The third-order valence-electron chi connectivity index (χ3n) is 8.05. The highest BCUT2D eigenvalue weighted by molar-refractivity contribution is 5.96. The fraction of sp³-hybridized carbons (Fsp3) is 0.375. The molecule has 7 nitrogen and oxygen atoms in total. The van der Waals surface area contributed by atoms with Crippen LogP contribution in [0, 0.1) is 5.92 Å². The van der Waals surface area contributed by atoms with Gasteiger partial charge in [-0.3, -0.25) is 9.59 Å². The number of phenolic OH excluding ortho intramolecular Hbond substituents is 1. The molecule has 0 amide bonds. The summed E-state index contributed by atoms with van der Waals surface area (Å²) in [6.45, 7) is 4.92. The molecule has 0 saturated carbocycles. The van der Waals surface area contributed by atoms with Crippen molar-refractivity contribution < 1.29 is 30.0 Å². The first-order chi connectivity index (χ1) is 18.5. The van der Waals surface area contributed by atoms with Crippen molar-refractivity contribution in [2.75, 3.05) is 19.6 Å². The number of carbonyl (C=O) groups is 2. The quantitative estimate of drug-likeness (QED) is 0.288. The van der Waals surface area contributed by atoms with Gasteiger partial charge < -0.3 is 25.3 Å². The molecule has 0 aliphatic carbocycles. The van der Waals surface area contributed by atoms with E-state index < -0.39 is 23.1 Å². The highest BCUT2D eigenvalue weighted by Gasteiger charge is 2.41. The Morgan fingerprint density at radius 1 is 0.872 bits per heavy atom. The van der Waals surface area contributed by atoms with Crippen molar-refractivity contribution in [1.82, 2.24) is 4.90 Å². The van der Waals surface area contributed by atoms with Gasteiger partial charge in [-0.15, -0.1) is 0 Å². The number of Topliss-reactive ketones (excluding diaryl/α,β-unsaturated/α-hetero) is 1. The maximum atomic E-state index is 12.8. The number of carbonyl (C=O) groups excluding carboxylic acids is 1. The number of nitrogens with zero attached hydrogens (tertiary/aromatic N) is 1. The van der Waals surface area contributed by atoms with Crippen LogP contribution in [0.25, 0.3) is 0 Å². The number of aliphatic hydroxyl groups is 2. The highest BCUT2D eigenvalue weighted by atomic mass is 16.4. The Balaban J connectivity index is 1.37. The van der Waals surface area contributed by atoms with E-state index in [0.717, 1.165) is 11.1 Å². The van der Waals surface area contributed by atoms with Crippen LogP contribution in [0.5, 0.6) is 5.75 Å². The zero-order valence-corrected chi connectivity index (χ0v) is 22.5. The average Bonchev–Trinajstić information content (AvgIpc) is 2.93. The van der Waals surface area contributed by atoms with Crippen LogP contribution in [-0.4, -0.2) is 62.8 Å². The van der Waals surface area contributed by atoms with Crippen molar-refractivity contribution in [1.29, 1.82) is 0 Å². The van der Waals surface area contributed by atoms with E-state index in [2.05, 4.69) is 4.90 Å². The second kappa shape index (κ2) is 11.7. The number of aliphatic hydroxyl groups excluding tert-OH is 1. The third-order valence-corrected chi connectivity index (χ3v) is 8.05. The van der Waals surface area contributed by atoms with Gasteiger partial charge in [0.15, 0.2) is 5.78 Å². The van der Waals surface area contributed by atoms with Gasteiger partial charge in [-0.2, -0.15) is 0 Å². The molecule has 0 aromatic heterocycles. The van der Waals surface area contributed by atoms with Crippen LogP contribution < -0.4 is 0 Å². The van der Waals surface area contributed by atoms with E-state index >= 15 is 0 Å². The normalized spacial score (nSPS) is 17.3. The van der Waals surface area contributed by atoms with E-state index in [0.29, 0.717) is 43.6 Å². The minimum atomic E-state index is -1.21. The smallest absolute Gasteiger partial charge is 0.313 e. The number of β-amino-alcohol motifs (C(OH)–C–C–N with tert-alkyl or cyclic N) is 1. The van der Waals surface area contributed by atoms with Crippen molar-refractivity contribution >= 4 is 11.8 Å². The van der Waals surface area contributed by atoms with Crippen molar-refractivity contribution in [3.63, 3.8) is 0 Å². The standard InChI is InChI=1S/C32H37NO6/c1-31(2,30(37)38)23-10-8-22(9-11-23)29(36)20-28(35)21-33-18-16-26(17-19-33)32(39,24-6-4-3-5-7-24)25-12-14-27(34)15-13-25/h3-15,26,28,34-35,39H,16-21H2,1-2H3,(H,37,38). The van der Waals surface area contributed by atoms with E-state index in [9.17, 15) is 30.0 Å². The van der Waals surface area contributed by atoms with Crippen molar-refractivity contribution in [2.45, 2.75) is 50.2 Å². The number of aliphatic carboxylic acids is 1. The number of phenols is 1. The molecule has 7 heteroatoms. The number of aromatic hydroxyl groups is 1.